The maximum atomic E-state index is 5.25. The van der Waals surface area contributed by atoms with E-state index >= 15 is 0 Å². The van der Waals surface area contributed by atoms with Gasteiger partial charge in [0.2, 0.25) is 0 Å². The van der Waals surface area contributed by atoms with Crippen molar-refractivity contribution in [3.05, 3.63) is 64.7 Å². The molecule has 0 spiro atoms. The zero-order valence-electron chi connectivity index (χ0n) is 18.5. The molecule has 2 atom stereocenters. The van der Waals surface area contributed by atoms with E-state index in [1.54, 1.807) is 18.2 Å². The number of rotatable bonds is 3. The average Bonchev–Trinajstić information content (AvgIpc) is 2.72. The fourth-order valence-corrected chi connectivity index (χ4v) is 4.75. The van der Waals surface area contributed by atoms with Crippen molar-refractivity contribution in [1.29, 1.82) is 0 Å². The van der Waals surface area contributed by atoms with Crippen LogP contribution in [0.4, 0.5) is 0 Å². The number of methoxy groups -OCH3 is 1. The minimum Gasteiger partial charge on any atom is -0.497 e. The van der Waals surface area contributed by atoms with E-state index in [0.717, 1.165) is 29.4 Å². The van der Waals surface area contributed by atoms with E-state index in [0.29, 0.717) is 0 Å². The molecule has 0 heterocycles. The van der Waals surface area contributed by atoms with Gasteiger partial charge in [0.15, 0.2) is 0 Å². The van der Waals surface area contributed by atoms with Crippen LogP contribution in [0.15, 0.2) is 42.5 Å². The highest BCUT2D eigenvalue weighted by atomic mass is 16.5. The molecule has 0 N–H and O–H groups in total. The minimum atomic E-state index is 0.806. The van der Waals surface area contributed by atoms with Crippen LogP contribution in [0.1, 0.15) is 62.8 Å². The molecule has 0 fully saturated rings. The Bertz CT molecular complexity index is 759. The number of benzene rings is 2. The van der Waals surface area contributed by atoms with Gasteiger partial charge >= 0.3 is 0 Å². The molecule has 0 radical (unpaired) electrons. The monoisotopic (exact) mass is 378 g/mol. The fraction of sp³-hybridized carbons (Fsp3) is 0.556. The lowest BCUT2D eigenvalue weighted by Gasteiger charge is -2.27. The van der Waals surface area contributed by atoms with Crippen LogP contribution < -0.4 is 4.74 Å². The SMILES string of the molecule is CC(C)C1CCc2ccccc2C1.COc1ccc2c(c1)CCC(C(C)C)C2. The Morgan fingerprint density at radius 3 is 1.82 bits per heavy atom. The first-order chi connectivity index (χ1) is 13.5. The highest BCUT2D eigenvalue weighted by Gasteiger charge is 2.21. The molecule has 0 saturated carbocycles. The van der Waals surface area contributed by atoms with Gasteiger partial charge in [0, 0.05) is 0 Å². The van der Waals surface area contributed by atoms with E-state index < -0.39 is 0 Å². The number of aryl methyl sites for hydroxylation is 2. The fourth-order valence-electron chi connectivity index (χ4n) is 4.75. The maximum absolute atomic E-state index is 5.25. The Balaban J connectivity index is 0.000000162. The summed E-state index contributed by atoms with van der Waals surface area (Å²) in [5.41, 5.74) is 6.19. The zero-order chi connectivity index (χ0) is 20.1. The van der Waals surface area contributed by atoms with Crippen molar-refractivity contribution >= 4 is 0 Å². The van der Waals surface area contributed by atoms with Crippen molar-refractivity contribution in [2.45, 2.75) is 66.2 Å². The summed E-state index contributed by atoms with van der Waals surface area (Å²) in [6.07, 6.45) is 7.77. The van der Waals surface area contributed by atoms with Crippen molar-refractivity contribution in [3.8, 4) is 5.75 Å². The maximum Gasteiger partial charge on any atom is 0.119 e. The van der Waals surface area contributed by atoms with E-state index in [4.69, 9.17) is 4.74 Å². The Kier molecular flexibility index (Phi) is 7.21. The minimum absolute atomic E-state index is 0.806. The van der Waals surface area contributed by atoms with E-state index in [1.807, 2.05) is 0 Å². The van der Waals surface area contributed by atoms with Gasteiger partial charge in [-0.25, -0.2) is 0 Å². The summed E-state index contributed by atoms with van der Waals surface area (Å²) < 4.78 is 5.25. The number of hydrogen-bond acceptors (Lipinski definition) is 1. The molecule has 0 amide bonds. The quantitative estimate of drug-likeness (QED) is 0.564. The second-order valence-corrected chi connectivity index (χ2v) is 9.40. The topological polar surface area (TPSA) is 9.23 Å². The van der Waals surface area contributed by atoms with Gasteiger partial charge in [-0.05, 0) is 96.6 Å². The third kappa shape index (κ3) is 5.19. The molecule has 2 aromatic carbocycles. The average molecular weight is 379 g/mol. The molecule has 0 saturated heterocycles. The van der Waals surface area contributed by atoms with Gasteiger partial charge in [-0.2, -0.15) is 0 Å². The summed E-state index contributed by atoms with van der Waals surface area (Å²) in [4.78, 5) is 0. The molecule has 2 unspecified atom stereocenters. The molecule has 0 aliphatic heterocycles. The van der Waals surface area contributed by atoms with Crippen molar-refractivity contribution in [1.82, 2.24) is 0 Å². The lowest BCUT2D eigenvalue weighted by Crippen LogP contribution is -2.18. The lowest BCUT2D eigenvalue weighted by atomic mass is 9.78. The zero-order valence-corrected chi connectivity index (χ0v) is 18.5. The van der Waals surface area contributed by atoms with Gasteiger partial charge in [-0.1, -0.05) is 58.0 Å². The highest BCUT2D eigenvalue weighted by Crippen LogP contribution is 2.32. The number of hydrogen-bond donors (Lipinski definition) is 0. The third-order valence-corrected chi connectivity index (χ3v) is 6.95. The summed E-state index contributed by atoms with van der Waals surface area (Å²) in [7, 11) is 1.74. The first-order valence-corrected chi connectivity index (χ1v) is 11.2. The lowest BCUT2D eigenvalue weighted by molar-refractivity contribution is 0.341. The van der Waals surface area contributed by atoms with Crippen LogP contribution in [0.25, 0.3) is 0 Å². The Morgan fingerprint density at radius 1 is 0.714 bits per heavy atom. The second kappa shape index (κ2) is 9.63. The summed E-state index contributed by atoms with van der Waals surface area (Å²) in [6.45, 7) is 9.36. The summed E-state index contributed by atoms with van der Waals surface area (Å²) in [6, 6.07) is 15.4. The van der Waals surface area contributed by atoms with Crippen LogP contribution in [-0.2, 0) is 25.7 Å². The Labute approximate surface area is 172 Å². The van der Waals surface area contributed by atoms with Crippen LogP contribution in [0.5, 0.6) is 5.75 Å². The first-order valence-electron chi connectivity index (χ1n) is 11.2. The van der Waals surface area contributed by atoms with Crippen LogP contribution in [0.2, 0.25) is 0 Å². The van der Waals surface area contributed by atoms with Gasteiger partial charge < -0.3 is 4.74 Å². The van der Waals surface area contributed by atoms with Gasteiger partial charge in [0.1, 0.15) is 5.75 Å². The third-order valence-electron chi connectivity index (χ3n) is 6.95. The molecular weight excluding hydrogens is 340 g/mol. The standard InChI is InChI=1S/C14H20O.C13H18/c1-10(2)11-4-5-13-9-14(15-3)7-6-12(13)8-11;1-10(2)12-8-7-11-5-3-4-6-13(11)9-12/h6-7,9-11H,4-5,8H2,1-3H3;3-6,10,12H,7-9H2,1-2H3. The first kappa shape index (κ1) is 21.0. The molecule has 4 rings (SSSR count). The molecular formula is C27H38O. The smallest absolute Gasteiger partial charge is 0.119 e. The predicted molar refractivity (Wildman–Crippen MR) is 120 cm³/mol. The van der Waals surface area contributed by atoms with E-state index in [9.17, 15) is 0 Å². The number of fused-ring (bicyclic) bond motifs is 2. The molecule has 0 aromatic heterocycles. The largest absolute Gasteiger partial charge is 0.497 e. The molecule has 28 heavy (non-hydrogen) atoms. The Hall–Kier alpha value is -1.76. The van der Waals surface area contributed by atoms with Crippen LogP contribution in [0.3, 0.4) is 0 Å². The van der Waals surface area contributed by atoms with Crippen LogP contribution in [-0.4, -0.2) is 7.11 Å². The summed E-state index contributed by atoms with van der Waals surface area (Å²) in [5, 5.41) is 0. The molecule has 2 aliphatic rings. The van der Waals surface area contributed by atoms with Gasteiger partial charge in [0.05, 0.1) is 7.11 Å². The molecule has 2 aromatic rings. The molecule has 1 nitrogen and oxygen atoms in total. The van der Waals surface area contributed by atoms with Crippen molar-refractivity contribution in [3.63, 3.8) is 0 Å². The normalized spacial score (nSPS) is 20.8. The van der Waals surface area contributed by atoms with Crippen LogP contribution >= 0.6 is 0 Å². The van der Waals surface area contributed by atoms with Gasteiger partial charge in [-0.15, -0.1) is 0 Å². The molecule has 0 bridgehead atoms. The van der Waals surface area contributed by atoms with Crippen molar-refractivity contribution < 1.29 is 4.74 Å². The second-order valence-electron chi connectivity index (χ2n) is 9.40. The van der Waals surface area contributed by atoms with E-state index in [1.165, 1.54) is 49.7 Å². The van der Waals surface area contributed by atoms with E-state index in [-0.39, 0.29) is 0 Å². The van der Waals surface area contributed by atoms with Gasteiger partial charge in [-0.3, -0.25) is 0 Å². The molecule has 1 heteroatoms. The van der Waals surface area contributed by atoms with Crippen LogP contribution in [0, 0.1) is 23.7 Å². The Morgan fingerprint density at radius 2 is 1.25 bits per heavy atom. The summed E-state index contributed by atoms with van der Waals surface area (Å²) >= 11 is 0. The van der Waals surface area contributed by atoms with Gasteiger partial charge in [0.25, 0.3) is 0 Å². The molecule has 152 valence electrons. The van der Waals surface area contributed by atoms with Crippen molar-refractivity contribution in [2.75, 3.05) is 7.11 Å². The molecule has 2 aliphatic carbocycles. The van der Waals surface area contributed by atoms with E-state index in [2.05, 4.69) is 70.2 Å². The predicted octanol–water partition coefficient (Wildman–Crippen LogP) is 6.90. The summed E-state index contributed by atoms with van der Waals surface area (Å²) in [5.74, 6) is 4.42. The van der Waals surface area contributed by atoms with Crippen molar-refractivity contribution in [2.24, 2.45) is 23.7 Å². The number of ether oxygens (including phenoxy) is 1. The highest BCUT2D eigenvalue weighted by molar-refractivity contribution is 5.37.